The highest BCUT2D eigenvalue weighted by atomic mass is 19.1. The second-order valence-corrected chi connectivity index (χ2v) is 5.69. The minimum absolute atomic E-state index is 0.0156. The highest BCUT2D eigenvalue weighted by Gasteiger charge is 2.48. The van der Waals surface area contributed by atoms with Crippen molar-refractivity contribution >= 4 is 12.0 Å². The highest BCUT2D eigenvalue weighted by Crippen LogP contribution is 2.39. The van der Waals surface area contributed by atoms with E-state index < -0.39 is 17.5 Å². The van der Waals surface area contributed by atoms with E-state index in [-0.39, 0.29) is 18.3 Å². The van der Waals surface area contributed by atoms with Crippen LogP contribution in [0.1, 0.15) is 25.3 Å². The normalized spacial score (nSPS) is 16.9. The van der Waals surface area contributed by atoms with Gasteiger partial charge in [0.05, 0.1) is 0 Å². The number of carboxylic acid groups (broad SMARTS) is 1. The van der Waals surface area contributed by atoms with Crippen molar-refractivity contribution in [3.8, 4) is 0 Å². The molecular weight excluding hydrogens is 275 g/mol. The molecule has 0 aromatic heterocycles. The number of halogens is 1. The van der Waals surface area contributed by atoms with Gasteiger partial charge in [0, 0.05) is 13.6 Å². The number of amides is 2. The van der Waals surface area contributed by atoms with E-state index in [1.165, 1.54) is 24.0 Å². The lowest BCUT2D eigenvalue weighted by atomic mass is 9.96. The predicted molar refractivity (Wildman–Crippen MR) is 75.2 cm³/mol. The maximum Gasteiger partial charge on any atom is 0.329 e. The van der Waals surface area contributed by atoms with Gasteiger partial charge in [-0.1, -0.05) is 12.1 Å². The van der Waals surface area contributed by atoms with E-state index in [1.807, 2.05) is 0 Å². The van der Waals surface area contributed by atoms with Crippen molar-refractivity contribution < 1.29 is 19.1 Å². The topological polar surface area (TPSA) is 69.6 Å². The number of carbonyl (C=O) groups excluding carboxylic acids is 1. The molecule has 1 unspecified atom stereocenters. The Hall–Kier alpha value is -2.11. The van der Waals surface area contributed by atoms with Gasteiger partial charge < -0.3 is 15.3 Å². The van der Waals surface area contributed by atoms with Crippen LogP contribution in [0.4, 0.5) is 9.18 Å². The van der Waals surface area contributed by atoms with Crippen molar-refractivity contribution in [2.75, 3.05) is 7.05 Å². The lowest BCUT2D eigenvalue weighted by molar-refractivity contribution is -0.144. The maximum absolute atomic E-state index is 12.8. The van der Waals surface area contributed by atoms with Crippen LogP contribution in [0.5, 0.6) is 0 Å². The third kappa shape index (κ3) is 3.51. The van der Waals surface area contributed by atoms with Crippen LogP contribution >= 0.6 is 0 Å². The molecule has 1 aliphatic rings. The zero-order chi connectivity index (χ0) is 15.6. The van der Waals surface area contributed by atoms with Crippen molar-refractivity contribution in [1.82, 2.24) is 10.2 Å². The third-order valence-electron chi connectivity index (χ3n) is 3.88. The van der Waals surface area contributed by atoms with Crippen LogP contribution in [-0.4, -0.2) is 34.6 Å². The molecule has 1 aliphatic carbocycles. The van der Waals surface area contributed by atoms with E-state index in [2.05, 4.69) is 5.32 Å². The molecule has 0 bridgehead atoms. The molecular formula is C15H19FN2O3. The standard InChI is InChI=1S/C15H19FN2O3/c1-15(13(19)20,11-5-6-11)17-14(21)18(2)9-10-3-7-12(16)8-4-10/h3-4,7-8,11H,5-6,9H2,1-2H3,(H,17,21)(H,19,20). The van der Waals surface area contributed by atoms with Gasteiger partial charge in [-0.25, -0.2) is 14.0 Å². The van der Waals surface area contributed by atoms with Crippen LogP contribution in [0.2, 0.25) is 0 Å². The number of nitrogens with one attached hydrogen (secondary N) is 1. The number of benzene rings is 1. The Balaban J connectivity index is 1.98. The summed E-state index contributed by atoms with van der Waals surface area (Å²) in [6.07, 6.45) is 1.62. The van der Waals surface area contributed by atoms with Gasteiger partial charge in [-0.15, -0.1) is 0 Å². The summed E-state index contributed by atoms with van der Waals surface area (Å²) in [5.41, 5.74) is -0.453. The average molecular weight is 294 g/mol. The number of carboxylic acids is 1. The Morgan fingerprint density at radius 1 is 1.38 bits per heavy atom. The smallest absolute Gasteiger partial charge is 0.329 e. The summed E-state index contributed by atoms with van der Waals surface area (Å²) >= 11 is 0. The predicted octanol–water partition coefficient (Wildman–Crippen LogP) is 2.22. The Labute approximate surface area is 122 Å². The van der Waals surface area contributed by atoms with Gasteiger partial charge in [0.1, 0.15) is 11.4 Å². The molecule has 0 spiro atoms. The molecule has 0 saturated heterocycles. The second kappa shape index (κ2) is 5.71. The largest absolute Gasteiger partial charge is 0.480 e. The number of hydrogen-bond donors (Lipinski definition) is 2. The fourth-order valence-corrected chi connectivity index (χ4v) is 2.24. The molecule has 2 N–H and O–H groups in total. The first-order chi connectivity index (χ1) is 9.83. The van der Waals surface area contributed by atoms with E-state index in [0.29, 0.717) is 0 Å². The first-order valence-electron chi connectivity index (χ1n) is 6.84. The zero-order valence-electron chi connectivity index (χ0n) is 12.1. The maximum atomic E-state index is 12.8. The van der Waals surface area contributed by atoms with E-state index in [9.17, 15) is 19.1 Å². The summed E-state index contributed by atoms with van der Waals surface area (Å²) in [5.74, 6) is -1.37. The zero-order valence-corrected chi connectivity index (χ0v) is 12.1. The monoisotopic (exact) mass is 294 g/mol. The molecule has 1 saturated carbocycles. The van der Waals surface area contributed by atoms with Crippen LogP contribution in [0.25, 0.3) is 0 Å². The molecule has 2 amide bonds. The van der Waals surface area contributed by atoms with E-state index in [1.54, 1.807) is 19.2 Å². The van der Waals surface area contributed by atoms with Gasteiger partial charge in [0.25, 0.3) is 0 Å². The van der Waals surface area contributed by atoms with Crippen molar-refractivity contribution in [2.24, 2.45) is 5.92 Å². The Morgan fingerprint density at radius 3 is 2.43 bits per heavy atom. The van der Waals surface area contributed by atoms with Gasteiger partial charge in [0.15, 0.2) is 0 Å². The molecule has 2 rings (SSSR count). The molecule has 1 aromatic carbocycles. The van der Waals surface area contributed by atoms with Gasteiger partial charge in [-0.05, 0) is 43.4 Å². The lowest BCUT2D eigenvalue weighted by Gasteiger charge is -2.29. The molecule has 1 fully saturated rings. The SMILES string of the molecule is CN(Cc1ccc(F)cc1)C(=O)NC(C)(C(=O)O)C1CC1. The number of carbonyl (C=O) groups is 2. The summed E-state index contributed by atoms with van der Waals surface area (Å²) in [7, 11) is 1.58. The van der Waals surface area contributed by atoms with Crippen LogP contribution in [0, 0.1) is 11.7 Å². The quantitative estimate of drug-likeness (QED) is 0.875. The number of urea groups is 1. The molecule has 0 aliphatic heterocycles. The van der Waals surface area contributed by atoms with Crippen LogP contribution in [0.3, 0.4) is 0 Å². The first-order valence-corrected chi connectivity index (χ1v) is 6.84. The van der Waals surface area contributed by atoms with Gasteiger partial charge >= 0.3 is 12.0 Å². The summed E-state index contributed by atoms with van der Waals surface area (Å²) in [5, 5.41) is 11.9. The van der Waals surface area contributed by atoms with Crippen LogP contribution < -0.4 is 5.32 Å². The number of nitrogens with zero attached hydrogens (tertiary/aromatic N) is 1. The van der Waals surface area contributed by atoms with Crippen molar-refractivity contribution in [3.05, 3.63) is 35.6 Å². The fraction of sp³-hybridized carbons (Fsp3) is 0.467. The second-order valence-electron chi connectivity index (χ2n) is 5.69. The number of hydrogen-bond acceptors (Lipinski definition) is 2. The molecule has 0 radical (unpaired) electrons. The number of rotatable bonds is 5. The molecule has 1 atom stereocenters. The van der Waals surface area contributed by atoms with Crippen LogP contribution in [0.15, 0.2) is 24.3 Å². The van der Waals surface area contributed by atoms with E-state index in [0.717, 1.165) is 18.4 Å². The average Bonchev–Trinajstić information content (AvgIpc) is 3.25. The summed E-state index contributed by atoms with van der Waals surface area (Å²) < 4.78 is 12.8. The highest BCUT2D eigenvalue weighted by molar-refractivity contribution is 5.86. The van der Waals surface area contributed by atoms with Crippen molar-refractivity contribution in [1.29, 1.82) is 0 Å². The Kier molecular flexibility index (Phi) is 4.16. The summed E-state index contributed by atoms with van der Waals surface area (Å²) in [4.78, 5) is 24.9. The minimum Gasteiger partial charge on any atom is -0.480 e. The van der Waals surface area contributed by atoms with Gasteiger partial charge in [0.2, 0.25) is 0 Å². The van der Waals surface area contributed by atoms with Crippen molar-refractivity contribution in [2.45, 2.75) is 31.8 Å². The van der Waals surface area contributed by atoms with Crippen molar-refractivity contribution in [3.63, 3.8) is 0 Å². The van der Waals surface area contributed by atoms with E-state index >= 15 is 0 Å². The fourth-order valence-electron chi connectivity index (χ4n) is 2.24. The molecule has 0 heterocycles. The third-order valence-corrected chi connectivity index (χ3v) is 3.88. The lowest BCUT2D eigenvalue weighted by Crippen LogP contribution is -2.56. The Bertz CT molecular complexity index is 542. The summed E-state index contributed by atoms with van der Waals surface area (Å²) in [6.45, 7) is 1.82. The minimum atomic E-state index is -1.23. The first kappa shape index (κ1) is 15.3. The number of aliphatic carboxylic acids is 1. The molecule has 1 aromatic rings. The molecule has 114 valence electrons. The Morgan fingerprint density at radius 2 is 1.95 bits per heavy atom. The summed E-state index contributed by atoms with van der Waals surface area (Å²) in [6, 6.07) is 5.39. The molecule has 21 heavy (non-hydrogen) atoms. The van der Waals surface area contributed by atoms with Crippen LogP contribution in [-0.2, 0) is 11.3 Å². The molecule has 6 heteroatoms. The van der Waals surface area contributed by atoms with Gasteiger partial charge in [-0.3, -0.25) is 0 Å². The van der Waals surface area contributed by atoms with E-state index in [4.69, 9.17) is 0 Å². The van der Waals surface area contributed by atoms with Gasteiger partial charge in [-0.2, -0.15) is 0 Å². The molecule has 5 nitrogen and oxygen atoms in total.